The second-order valence-corrected chi connectivity index (χ2v) is 6.74. The summed E-state index contributed by atoms with van der Waals surface area (Å²) in [5.41, 5.74) is 7.75. The van der Waals surface area contributed by atoms with Gasteiger partial charge in [-0.1, -0.05) is 31.2 Å². The number of nitrogens with zero attached hydrogens (tertiary/aromatic N) is 1. The second kappa shape index (κ2) is 5.73. The van der Waals surface area contributed by atoms with Crippen LogP contribution in [0.5, 0.6) is 0 Å². The highest BCUT2D eigenvalue weighted by molar-refractivity contribution is 5.81. The van der Waals surface area contributed by atoms with E-state index in [0.29, 0.717) is 5.92 Å². The van der Waals surface area contributed by atoms with Crippen molar-refractivity contribution in [3.8, 4) is 6.07 Å². The molecule has 2 fully saturated rings. The SMILES string of the molecule is CCc1ccc(C[C@H](C#N)C23CCC(C2)C(C(N)=O)N3)cc1. The molecule has 0 radical (unpaired) electrons. The molecule has 3 rings (SSSR count). The van der Waals surface area contributed by atoms with Gasteiger partial charge in [0, 0.05) is 5.54 Å². The van der Waals surface area contributed by atoms with E-state index in [-0.39, 0.29) is 23.4 Å². The molecule has 4 heteroatoms. The highest BCUT2D eigenvalue weighted by Crippen LogP contribution is 2.48. The summed E-state index contributed by atoms with van der Waals surface area (Å²) in [5.74, 6) is -0.0966. The average Bonchev–Trinajstić information content (AvgIpc) is 3.12. The second-order valence-electron chi connectivity index (χ2n) is 6.74. The van der Waals surface area contributed by atoms with Gasteiger partial charge in [0.05, 0.1) is 18.0 Å². The summed E-state index contributed by atoms with van der Waals surface area (Å²) in [6.07, 6.45) is 4.60. The van der Waals surface area contributed by atoms with E-state index in [2.05, 4.69) is 42.6 Å². The number of hydrogen-bond acceptors (Lipinski definition) is 3. The number of nitrogens with one attached hydrogen (secondary N) is 1. The van der Waals surface area contributed by atoms with Gasteiger partial charge in [0.1, 0.15) is 0 Å². The van der Waals surface area contributed by atoms with Crippen LogP contribution in [0.25, 0.3) is 0 Å². The van der Waals surface area contributed by atoms with E-state index in [0.717, 1.165) is 32.1 Å². The van der Waals surface area contributed by atoms with Crippen molar-refractivity contribution in [1.82, 2.24) is 5.32 Å². The third-order valence-electron chi connectivity index (χ3n) is 5.50. The van der Waals surface area contributed by atoms with Crippen LogP contribution in [0.4, 0.5) is 0 Å². The van der Waals surface area contributed by atoms with Crippen molar-refractivity contribution < 1.29 is 4.79 Å². The van der Waals surface area contributed by atoms with Crippen LogP contribution >= 0.6 is 0 Å². The standard InChI is InChI=1S/C18H23N3O/c1-2-12-3-5-13(6-4-12)9-15(11-19)18-8-7-14(10-18)16(21-18)17(20)22/h3-6,14-16,21H,2,7-10H2,1H3,(H2,20,22)/t14?,15-,16?,18?/m1/s1. The topological polar surface area (TPSA) is 78.9 Å². The number of hydrogen-bond donors (Lipinski definition) is 2. The summed E-state index contributed by atoms with van der Waals surface area (Å²) in [4.78, 5) is 11.6. The molecule has 2 aliphatic rings. The van der Waals surface area contributed by atoms with Gasteiger partial charge in [0.25, 0.3) is 0 Å². The van der Waals surface area contributed by atoms with E-state index >= 15 is 0 Å². The maximum absolute atomic E-state index is 11.6. The van der Waals surface area contributed by atoms with E-state index in [4.69, 9.17) is 5.73 Å². The predicted octanol–water partition coefficient (Wildman–Crippen LogP) is 1.93. The third kappa shape index (κ3) is 2.50. The zero-order valence-corrected chi connectivity index (χ0v) is 13.0. The number of carbonyl (C=O) groups excluding carboxylic acids is 1. The minimum atomic E-state index is -0.282. The van der Waals surface area contributed by atoms with Crippen LogP contribution in [0.15, 0.2) is 24.3 Å². The van der Waals surface area contributed by atoms with E-state index in [9.17, 15) is 10.1 Å². The van der Waals surface area contributed by atoms with Crippen LogP contribution in [0.3, 0.4) is 0 Å². The lowest BCUT2D eigenvalue weighted by molar-refractivity contribution is -0.121. The number of rotatable bonds is 5. The molecular weight excluding hydrogens is 274 g/mol. The van der Waals surface area contributed by atoms with Gasteiger partial charge in [-0.2, -0.15) is 5.26 Å². The minimum Gasteiger partial charge on any atom is -0.368 e. The summed E-state index contributed by atoms with van der Waals surface area (Å²) >= 11 is 0. The normalized spacial score (nSPS) is 30.9. The van der Waals surface area contributed by atoms with E-state index in [1.54, 1.807) is 0 Å². The van der Waals surface area contributed by atoms with Gasteiger partial charge in [-0.25, -0.2) is 0 Å². The van der Waals surface area contributed by atoms with Crippen LogP contribution in [0.2, 0.25) is 0 Å². The minimum absolute atomic E-state index is 0.116. The van der Waals surface area contributed by atoms with Crippen molar-refractivity contribution in [2.24, 2.45) is 17.6 Å². The molecule has 4 nitrogen and oxygen atoms in total. The van der Waals surface area contributed by atoms with E-state index in [1.807, 2.05) is 0 Å². The van der Waals surface area contributed by atoms with E-state index < -0.39 is 0 Å². The zero-order valence-electron chi connectivity index (χ0n) is 13.0. The summed E-state index contributed by atoms with van der Waals surface area (Å²) in [7, 11) is 0. The number of benzene rings is 1. The number of nitrogens with two attached hydrogens (primary N) is 1. The molecule has 1 saturated carbocycles. The number of nitriles is 1. The highest BCUT2D eigenvalue weighted by Gasteiger charge is 2.55. The number of aryl methyl sites for hydroxylation is 1. The molecule has 4 atom stereocenters. The molecule has 3 N–H and O–H groups in total. The summed E-state index contributed by atoms with van der Waals surface area (Å²) in [6.45, 7) is 2.14. The van der Waals surface area contributed by atoms with E-state index in [1.165, 1.54) is 11.1 Å². The first-order chi connectivity index (χ1) is 10.6. The van der Waals surface area contributed by atoms with Crippen LogP contribution in [-0.2, 0) is 17.6 Å². The highest BCUT2D eigenvalue weighted by atomic mass is 16.1. The molecule has 0 spiro atoms. The molecule has 22 heavy (non-hydrogen) atoms. The number of amides is 1. The van der Waals surface area contributed by atoms with Crippen LogP contribution in [-0.4, -0.2) is 17.5 Å². The summed E-state index contributed by atoms with van der Waals surface area (Å²) < 4.78 is 0. The molecular formula is C18H23N3O. The van der Waals surface area contributed by atoms with Crippen LogP contribution < -0.4 is 11.1 Å². The van der Waals surface area contributed by atoms with Gasteiger partial charge in [0.15, 0.2) is 0 Å². The Labute approximate surface area is 131 Å². The van der Waals surface area contributed by atoms with Gasteiger partial charge >= 0.3 is 0 Å². The zero-order chi connectivity index (χ0) is 15.7. The lowest BCUT2D eigenvalue weighted by Crippen LogP contribution is -2.54. The molecule has 2 bridgehead atoms. The fourth-order valence-corrected chi connectivity index (χ4v) is 4.19. The smallest absolute Gasteiger partial charge is 0.234 e. The Kier molecular flexibility index (Phi) is 3.92. The molecule has 1 saturated heterocycles. The Bertz CT molecular complexity index is 604. The van der Waals surface area contributed by atoms with Crippen molar-refractivity contribution in [2.45, 2.75) is 50.6 Å². The van der Waals surface area contributed by atoms with Gasteiger partial charge in [-0.15, -0.1) is 0 Å². The molecule has 1 aliphatic carbocycles. The molecule has 116 valence electrons. The van der Waals surface area contributed by atoms with Crippen LogP contribution in [0.1, 0.15) is 37.3 Å². The first-order valence-corrected chi connectivity index (χ1v) is 8.12. The van der Waals surface area contributed by atoms with Gasteiger partial charge in [0.2, 0.25) is 5.91 Å². The van der Waals surface area contributed by atoms with Gasteiger partial charge < -0.3 is 5.73 Å². The fourth-order valence-electron chi connectivity index (χ4n) is 4.19. The fraction of sp³-hybridized carbons (Fsp3) is 0.556. The Morgan fingerprint density at radius 2 is 2.14 bits per heavy atom. The number of fused-ring (bicyclic) bond motifs is 2. The Morgan fingerprint density at radius 3 is 2.68 bits per heavy atom. The number of carbonyl (C=O) groups is 1. The van der Waals surface area contributed by atoms with Crippen molar-refractivity contribution in [1.29, 1.82) is 5.26 Å². The van der Waals surface area contributed by atoms with Crippen molar-refractivity contribution in [2.75, 3.05) is 0 Å². The maximum atomic E-state index is 11.6. The first-order valence-electron chi connectivity index (χ1n) is 8.12. The van der Waals surface area contributed by atoms with Crippen molar-refractivity contribution >= 4 is 5.91 Å². The molecule has 1 aromatic rings. The summed E-state index contributed by atoms with van der Waals surface area (Å²) in [5, 5.41) is 13.1. The van der Waals surface area contributed by atoms with Crippen LogP contribution in [0, 0.1) is 23.2 Å². The number of piperidine rings is 1. The molecule has 0 aromatic heterocycles. The molecule has 1 aliphatic heterocycles. The molecule has 3 unspecified atom stereocenters. The van der Waals surface area contributed by atoms with Crippen molar-refractivity contribution in [3.63, 3.8) is 0 Å². The molecule has 1 amide bonds. The third-order valence-corrected chi connectivity index (χ3v) is 5.50. The van der Waals surface area contributed by atoms with Gasteiger partial charge in [-0.05, 0) is 49.1 Å². The molecule has 1 heterocycles. The molecule has 1 aromatic carbocycles. The lowest BCUT2D eigenvalue weighted by atomic mass is 9.80. The maximum Gasteiger partial charge on any atom is 0.234 e. The first kappa shape index (κ1) is 15.1. The monoisotopic (exact) mass is 297 g/mol. The lowest BCUT2D eigenvalue weighted by Gasteiger charge is -2.34. The van der Waals surface area contributed by atoms with Gasteiger partial charge in [-0.3, -0.25) is 10.1 Å². The average molecular weight is 297 g/mol. The number of primary amides is 1. The Balaban J connectivity index is 1.77. The predicted molar refractivity (Wildman–Crippen MR) is 84.8 cm³/mol. The Hall–Kier alpha value is -1.86. The largest absolute Gasteiger partial charge is 0.368 e. The van der Waals surface area contributed by atoms with Crippen molar-refractivity contribution in [3.05, 3.63) is 35.4 Å². The summed E-state index contributed by atoms with van der Waals surface area (Å²) in [6, 6.07) is 10.7. The quantitative estimate of drug-likeness (QED) is 0.871. The Morgan fingerprint density at radius 1 is 1.45 bits per heavy atom.